The number of aromatic nitrogens is 1. The second-order valence-corrected chi connectivity index (χ2v) is 6.12. The van der Waals surface area contributed by atoms with E-state index in [1.807, 2.05) is 24.0 Å². The lowest BCUT2D eigenvalue weighted by molar-refractivity contribution is -0.124. The second-order valence-electron chi connectivity index (χ2n) is 6.12. The Morgan fingerprint density at radius 1 is 1.32 bits per heavy atom. The van der Waals surface area contributed by atoms with Gasteiger partial charge in [0.25, 0.3) is 0 Å². The van der Waals surface area contributed by atoms with Crippen LogP contribution in [0.5, 0.6) is 0 Å². The van der Waals surface area contributed by atoms with Crippen molar-refractivity contribution in [2.24, 2.45) is 0 Å². The average Bonchev–Trinajstić information content (AvgIpc) is 3.14. The molecule has 6 heteroatoms. The molecule has 22 heavy (non-hydrogen) atoms. The van der Waals surface area contributed by atoms with Gasteiger partial charge in [0.2, 0.25) is 11.8 Å². The van der Waals surface area contributed by atoms with Gasteiger partial charge in [0.15, 0.2) is 0 Å². The maximum absolute atomic E-state index is 12.4. The molecule has 1 aromatic rings. The number of nitrogens with one attached hydrogen (secondary N) is 2. The average molecular weight is 302 g/mol. The van der Waals surface area contributed by atoms with Crippen LogP contribution in [0.2, 0.25) is 0 Å². The van der Waals surface area contributed by atoms with Crippen molar-refractivity contribution in [1.82, 2.24) is 15.2 Å². The van der Waals surface area contributed by atoms with E-state index >= 15 is 0 Å². The Kier molecular flexibility index (Phi) is 4.38. The summed E-state index contributed by atoms with van der Waals surface area (Å²) in [7, 11) is 0. The molecule has 1 aliphatic heterocycles. The molecule has 1 atom stereocenters. The third-order valence-corrected chi connectivity index (χ3v) is 4.10. The third kappa shape index (κ3) is 3.82. The van der Waals surface area contributed by atoms with Crippen molar-refractivity contribution < 1.29 is 9.59 Å². The summed E-state index contributed by atoms with van der Waals surface area (Å²) in [5.74, 6) is 0.519. The number of likely N-dealkylation sites (tertiary alicyclic amines) is 1. The maximum Gasteiger partial charge on any atom is 0.242 e. The monoisotopic (exact) mass is 302 g/mol. The normalized spacial score (nSPS) is 21.6. The van der Waals surface area contributed by atoms with Crippen LogP contribution in [-0.4, -0.2) is 46.9 Å². The first-order valence-electron chi connectivity index (χ1n) is 7.90. The molecular formula is C16H22N4O2. The van der Waals surface area contributed by atoms with E-state index in [1.54, 1.807) is 6.07 Å². The number of carbonyl (C=O) groups excluding carboxylic acids is 2. The van der Waals surface area contributed by atoms with Crippen molar-refractivity contribution in [3.8, 4) is 0 Å². The minimum Gasteiger partial charge on any atom is -0.352 e. The van der Waals surface area contributed by atoms with Gasteiger partial charge in [-0.15, -0.1) is 0 Å². The van der Waals surface area contributed by atoms with Crippen molar-refractivity contribution in [3.63, 3.8) is 0 Å². The Hall–Kier alpha value is -1.95. The summed E-state index contributed by atoms with van der Waals surface area (Å²) >= 11 is 0. The summed E-state index contributed by atoms with van der Waals surface area (Å²) in [5, 5.41) is 5.83. The van der Waals surface area contributed by atoms with Crippen LogP contribution in [0.1, 0.15) is 31.4 Å². The van der Waals surface area contributed by atoms with E-state index in [9.17, 15) is 9.59 Å². The van der Waals surface area contributed by atoms with Crippen LogP contribution in [0.4, 0.5) is 5.82 Å². The van der Waals surface area contributed by atoms with E-state index in [4.69, 9.17) is 0 Å². The highest BCUT2D eigenvalue weighted by molar-refractivity contribution is 5.94. The summed E-state index contributed by atoms with van der Waals surface area (Å²) in [6.07, 6.45) is 3.88. The SMILES string of the molecule is Cc1cccc(NC(=O)[C@@H]2CCCN2CC(=O)NC2CC2)n1. The first kappa shape index (κ1) is 15.0. The highest BCUT2D eigenvalue weighted by Crippen LogP contribution is 2.20. The lowest BCUT2D eigenvalue weighted by Crippen LogP contribution is -2.45. The molecular weight excluding hydrogens is 280 g/mol. The molecule has 0 bridgehead atoms. The highest BCUT2D eigenvalue weighted by Gasteiger charge is 2.33. The number of hydrogen-bond donors (Lipinski definition) is 2. The van der Waals surface area contributed by atoms with Gasteiger partial charge in [0.1, 0.15) is 5.82 Å². The van der Waals surface area contributed by atoms with E-state index in [1.165, 1.54) is 0 Å². The van der Waals surface area contributed by atoms with Gasteiger partial charge in [-0.3, -0.25) is 14.5 Å². The molecule has 118 valence electrons. The zero-order valence-electron chi connectivity index (χ0n) is 12.8. The zero-order chi connectivity index (χ0) is 15.5. The first-order valence-corrected chi connectivity index (χ1v) is 7.90. The van der Waals surface area contributed by atoms with Crippen molar-refractivity contribution in [2.45, 2.75) is 44.7 Å². The molecule has 3 rings (SSSR count). The summed E-state index contributed by atoms with van der Waals surface area (Å²) in [6, 6.07) is 5.66. The minimum absolute atomic E-state index is 0.0240. The fraction of sp³-hybridized carbons (Fsp3) is 0.562. The predicted octanol–water partition coefficient (Wildman–Crippen LogP) is 1.07. The Morgan fingerprint density at radius 3 is 2.86 bits per heavy atom. The highest BCUT2D eigenvalue weighted by atomic mass is 16.2. The second kappa shape index (κ2) is 6.44. The third-order valence-electron chi connectivity index (χ3n) is 4.10. The number of carbonyl (C=O) groups is 2. The van der Waals surface area contributed by atoms with E-state index in [2.05, 4.69) is 15.6 Å². The molecule has 2 heterocycles. The quantitative estimate of drug-likeness (QED) is 0.853. The number of aryl methyl sites for hydroxylation is 1. The van der Waals surface area contributed by atoms with Crippen LogP contribution in [0.3, 0.4) is 0 Å². The molecule has 2 aliphatic rings. The number of anilines is 1. The molecule has 0 spiro atoms. The van der Waals surface area contributed by atoms with Gasteiger partial charge in [-0.2, -0.15) is 0 Å². The lowest BCUT2D eigenvalue weighted by Gasteiger charge is -2.22. The van der Waals surface area contributed by atoms with Crippen LogP contribution >= 0.6 is 0 Å². The van der Waals surface area contributed by atoms with Crippen LogP contribution in [0, 0.1) is 6.92 Å². The molecule has 0 radical (unpaired) electrons. The van der Waals surface area contributed by atoms with Gasteiger partial charge < -0.3 is 10.6 Å². The molecule has 1 aromatic heterocycles. The molecule has 2 fully saturated rings. The zero-order valence-corrected chi connectivity index (χ0v) is 12.8. The van der Waals surface area contributed by atoms with E-state index < -0.39 is 0 Å². The summed E-state index contributed by atoms with van der Waals surface area (Å²) in [6.45, 7) is 2.98. The van der Waals surface area contributed by atoms with Crippen LogP contribution in [0.25, 0.3) is 0 Å². The molecule has 0 unspecified atom stereocenters. The minimum atomic E-state index is -0.243. The number of rotatable bonds is 5. The molecule has 2 N–H and O–H groups in total. The Bertz CT molecular complexity index is 571. The van der Waals surface area contributed by atoms with Gasteiger partial charge in [-0.25, -0.2) is 4.98 Å². The molecule has 1 aliphatic carbocycles. The Balaban J connectivity index is 1.56. The van der Waals surface area contributed by atoms with Gasteiger partial charge in [0, 0.05) is 11.7 Å². The van der Waals surface area contributed by atoms with Gasteiger partial charge in [-0.05, 0) is 51.3 Å². The standard InChI is InChI=1S/C16H22N4O2/c1-11-4-2-6-14(17-11)19-16(22)13-5-3-9-20(13)10-15(21)18-12-7-8-12/h2,4,6,12-13H,3,5,7-10H2,1H3,(H,18,21)(H,17,19,22)/t13-/m0/s1. The van der Waals surface area contributed by atoms with Crippen molar-refractivity contribution in [1.29, 1.82) is 0 Å². The van der Waals surface area contributed by atoms with Crippen LogP contribution in [-0.2, 0) is 9.59 Å². The fourth-order valence-corrected chi connectivity index (χ4v) is 2.82. The van der Waals surface area contributed by atoms with Crippen molar-refractivity contribution in [3.05, 3.63) is 23.9 Å². The van der Waals surface area contributed by atoms with Crippen molar-refractivity contribution >= 4 is 17.6 Å². The largest absolute Gasteiger partial charge is 0.352 e. The Labute approximate surface area is 130 Å². The predicted molar refractivity (Wildman–Crippen MR) is 83.4 cm³/mol. The Morgan fingerprint density at radius 2 is 2.14 bits per heavy atom. The molecule has 1 saturated heterocycles. The number of nitrogens with zero attached hydrogens (tertiary/aromatic N) is 2. The van der Waals surface area contributed by atoms with Gasteiger partial charge >= 0.3 is 0 Å². The van der Waals surface area contributed by atoms with E-state index in [0.29, 0.717) is 18.4 Å². The summed E-state index contributed by atoms with van der Waals surface area (Å²) in [4.78, 5) is 30.6. The molecule has 2 amide bonds. The molecule has 1 saturated carbocycles. The van der Waals surface area contributed by atoms with E-state index in [0.717, 1.165) is 37.9 Å². The topological polar surface area (TPSA) is 74.3 Å². The summed E-state index contributed by atoms with van der Waals surface area (Å²) < 4.78 is 0. The maximum atomic E-state index is 12.4. The van der Waals surface area contributed by atoms with Crippen molar-refractivity contribution in [2.75, 3.05) is 18.4 Å². The molecule has 0 aromatic carbocycles. The number of pyridine rings is 1. The van der Waals surface area contributed by atoms with Gasteiger partial charge in [-0.1, -0.05) is 6.07 Å². The van der Waals surface area contributed by atoms with Gasteiger partial charge in [0.05, 0.1) is 12.6 Å². The van der Waals surface area contributed by atoms with Crippen LogP contribution in [0.15, 0.2) is 18.2 Å². The number of hydrogen-bond acceptors (Lipinski definition) is 4. The van der Waals surface area contributed by atoms with Crippen LogP contribution < -0.4 is 10.6 Å². The summed E-state index contributed by atoms with van der Waals surface area (Å²) in [5.41, 5.74) is 0.866. The number of amides is 2. The van der Waals surface area contributed by atoms with E-state index in [-0.39, 0.29) is 17.9 Å². The first-order chi connectivity index (χ1) is 10.6. The fourth-order valence-electron chi connectivity index (χ4n) is 2.82. The smallest absolute Gasteiger partial charge is 0.242 e. The molecule has 6 nitrogen and oxygen atoms in total. The lowest BCUT2D eigenvalue weighted by atomic mass is 10.2.